The number of aliphatic hydroxyl groups is 1. The third kappa shape index (κ3) is 9.37. The summed E-state index contributed by atoms with van der Waals surface area (Å²) in [5.74, 6) is -0.0832. The van der Waals surface area contributed by atoms with E-state index in [-0.39, 0.29) is 30.8 Å². The minimum Gasteiger partial charge on any atom is -0.389 e. The molecular weight excluding hydrogens is 416 g/mol. The summed E-state index contributed by atoms with van der Waals surface area (Å²) in [7, 11) is 5.62. The standard InChI is InChI=1S/C24H34N2O4.ClH/c1-18(16-29-4)25-15-22(27)17-30-23(24(28)20-8-6-5-7-9-20)14-19-10-12-21(13-11-19)26(2)3;/h5-13,18,22-23,25,27H,14-17H2,1-4H3;1H. The fourth-order valence-electron chi connectivity index (χ4n) is 3.09. The van der Waals surface area contributed by atoms with E-state index >= 15 is 0 Å². The zero-order valence-electron chi connectivity index (χ0n) is 18.8. The van der Waals surface area contributed by atoms with E-state index in [1.807, 2.05) is 68.4 Å². The van der Waals surface area contributed by atoms with Crippen LogP contribution in [0.2, 0.25) is 0 Å². The molecule has 0 amide bonds. The molecule has 0 aliphatic rings. The Labute approximate surface area is 192 Å². The number of carbonyl (C=O) groups excluding carboxylic acids is 1. The monoisotopic (exact) mass is 450 g/mol. The van der Waals surface area contributed by atoms with E-state index in [1.54, 1.807) is 19.2 Å². The highest BCUT2D eigenvalue weighted by atomic mass is 35.5. The Morgan fingerprint density at radius 3 is 2.29 bits per heavy atom. The molecule has 2 aromatic carbocycles. The molecule has 0 saturated heterocycles. The first-order valence-corrected chi connectivity index (χ1v) is 10.3. The molecule has 0 fully saturated rings. The van der Waals surface area contributed by atoms with Gasteiger partial charge in [-0.05, 0) is 24.6 Å². The molecule has 0 aromatic heterocycles. The molecule has 31 heavy (non-hydrogen) atoms. The molecule has 7 heteroatoms. The maximum atomic E-state index is 13.0. The van der Waals surface area contributed by atoms with Crippen molar-refractivity contribution in [3.8, 4) is 0 Å². The molecule has 0 spiro atoms. The quantitative estimate of drug-likeness (QED) is 0.457. The minimum atomic E-state index is -0.716. The molecule has 2 rings (SSSR count). The van der Waals surface area contributed by atoms with Gasteiger partial charge in [0.25, 0.3) is 0 Å². The Hall–Kier alpha value is -1.96. The van der Waals surface area contributed by atoms with Gasteiger partial charge in [-0.15, -0.1) is 12.4 Å². The molecular formula is C24H35ClN2O4. The number of benzene rings is 2. The van der Waals surface area contributed by atoms with Gasteiger partial charge < -0.3 is 24.8 Å². The fraction of sp³-hybridized carbons (Fsp3) is 0.458. The lowest BCUT2D eigenvalue weighted by atomic mass is 9.99. The molecule has 6 nitrogen and oxygen atoms in total. The van der Waals surface area contributed by atoms with Gasteiger partial charge in [0, 0.05) is 51.5 Å². The van der Waals surface area contributed by atoms with Crippen molar-refractivity contribution in [1.82, 2.24) is 5.32 Å². The summed E-state index contributed by atoms with van der Waals surface area (Å²) in [4.78, 5) is 15.1. The second-order valence-electron chi connectivity index (χ2n) is 7.74. The maximum Gasteiger partial charge on any atom is 0.191 e. The smallest absolute Gasteiger partial charge is 0.191 e. The number of hydrogen-bond acceptors (Lipinski definition) is 6. The van der Waals surface area contributed by atoms with E-state index < -0.39 is 12.2 Å². The molecule has 0 aliphatic carbocycles. The molecule has 2 aromatic rings. The summed E-state index contributed by atoms with van der Waals surface area (Å²) in [6.45, 7) is 2.99. The van der Waals surface area contributed by atoms with E-state index in [1.165, 1.54) is 0 Å². The van der Waals surface area contributed by atoms with Crippen molar-refractivity contribution in [2.24, 2.45) is 0 Å². The van der Waals surface area contributed by atoms with Crippen LogP contribution < -0.4 is 10.2 Å². The summed E-state index contributed by atoms with van der Waals surface area (Å²) in [6.07, 6.45) is -0.933. The van der Waals surface area contributed by atoms with Crippen LogP contribution in [0.15, 0.2) is 54.6 Å². The first-order valence-electron chi connectivity index (χ1n) is 10.3. The number of ketones is 1. The largest absolute Gasteiger partial charge is 0.389 e. The number of nitrogens with one attached hydrogen (secondary N) is 1. The molecule has 172 valence electrons. The topological polar surface area (TPSA) is 71.0 Å². The zero-order chi connectivity index (χ0) is 21.9. The summed E-state index contributed by atoms with van der Waals surface area (Å²) in [5, 5.41) is 13.5. The van der Waals surface area contributed by atoms with Gasteiger partial charge in [-0.25, -0.2) is 0 Å². The van der Waals surface area contributed by atoms with Gasteiger partial charge in [0.2, 0.25) is 0 Å². The number of nitrogens with zero attached hydrogens (tertiary/aromatic N) is 1. The number of anilines is 1. The van der Waals surface area contributed by atoms with Crippen LogP contribution in [-0.2, 0) is 15.9 Å². The van der Waals surface area contributed by atoms with Gasteiger partial charge in [-0.3, -0.25) is 4.79 Å². The molecule has 3 unspecified atom stereocenters. The maximum absolute atomic E-state index is 13.0. The molecule has 0 radical (unpaired) electrons. The van der Waals surface area contributed by atoms with Crippen molar-refractivity contribution in [2.75, 3.05) is 45.9 Å². The average molecular weight is 451 g/mol. The summed E-state index contributed by atoms with van der Waals surface area (Å²) < 4.78 is 11.0. The van der Waals surface area contributed by atoms with Crippen molar-refractivity contribution >= 4 is 23.9 Å². The molecule has 0 heterocycles. The number of aliphatic hydroxyl groups excluding tert-OH is 1. The molecule has 0 saturated carbocycles. The highest BCUT2D eigenvalue weighted by molar-refractivity contribution is 5.99. The van der Waals surface area contributed by atoms with Gasteiger partial charge in [-0.1, -0.05) is 42.5 Å². The number of halogens is 1. The SMILES string of the molecule is COCC(C)NCC(O)COC(Cc1ccc(N(C)C)cc1)C(=O)c1ccccc1.Cl. The van der Waals surface area contributed by atoms with E-state index in [0.29, 0.717) is 25.1 Å². The van der Waals surface area contributed by atoms with Crippen molar-refractivity contribution in [3.05, 3.63) is 65.7 Å². The first kappa shape index (κ1) is 27.1. The van der Waals surface area contributed by atoms with Crippen LogP contribution in [0.3, 0.4) is 0 Å². The number of Topliss-reactive ketones (excluding diaryl/α,β-unsaturated/α-hetero) is 1. The van der Waals surface area contributed by atoms with Crippen LogP contribution in [0.4, 0.5) is 5.69 Å². The second kappa shape index (κ2) is 14.2. The highest BCUT2D eigenvalue weighted by Gasteiger charge is 2.22. The number of hydrogen-bond donors (Lipinski definition) is 2. The van der Waals surface area contributed by atoms with Gasteiger partial charge >= 0.3 is 0 Å². The van der Waals surface area contributed by atoms with Crippen molar-refractivity contribution < 1.29 is 19.4 Å². The second-order valence-corrected chi connectivity index (χ2v) is 7.74. The number of methoxy groups -OCH3 is 1. The minimum absolute atomic E-state index is 0. The summed E-state index contributed by atoms with van der Waals surface area (Å²) in [6, 6.07) is 17.3. The molecule has 0 bridgehead atoms. The summed E-state index contributed by atoms with van der Waals surface area (Å²) in [5.41, 5.74) is 2.71. The normalized spacial score (nSPS) is 13.7. The average Bonchev–Trinajstić information content (AvgIpc) is 2.75. The van der Waals surface area contributed by atoms with E-state index in [9.17, 15) is 9.90 Å². The van der Waals surface area contributed by atoms with Crippen LogP contribution >= 0.6 is 12.4 Å². The predicted molar refractivity (Wildman–Crippen MR) is 128 cm³/mol. The van der Waals surface area contributed by atoms with Crippen LogP contribution in [-0.4, -0.2) is 70.1 Å². The van der Waals surface area contributed by atoms with Crippen LogP contribution in [0.1, 0.15) is 22.8 Å². The van der Waals surface area contributed by atoms with Crippen LogP contribution in [0.25, 0.3) is 0 Å². The third-order valence-corrected chi connectivity index (χ3v) is 4.83. The van der Waals surface area contributed by atoms with Gasteiger partial charge in [-0.2, -0.15) is 0 Å². The fourth-order valence-corrected chi connectivity index (χ4v) is 3.09. The van der Waals surface area contributed by atoms with Crippen LogP contribution in [0, 0.1) is 0 Å². The van der Waals surface area contributed by atoms with Gasteiger partial charge in [0.1, 0.15) is 6.10 Å². The summed E-state index contributed by atoms with van der Waals surface area (Å²) >= 11 is 0. The Kier molecular flexibility index (Phi) is 12.4. The molecule has 0 aliphatic heterocycles. The Bertz CT molecular complexity index is 756. The first-order chi connectivity index (χ1) is 14.4. The zero-order valence-corrected chi connectivity index (χ0v) is 19.6. The number of rotatable bonds is 13. The van der Waals surface area contributed by atoms with Gasteiger partial charge in [0.05, 0.1) is 19.3 Å². The lowest BCUT2D eigenvalue weighted by Gasteiger charge is -2.21. The lowest BCUT2D eigenvalue weighted by molar-refractivity contribution is -0.00297. The van der Waals surface area contributed by atoms with Crippen LogP contribution in [0.5, 0.6) is 0 Å². The van der Waals surface area contributed by atoms with Gasteiger partial charge in [0.15, 0.2) is 5.78 Å². The van der Waals surface area contributed by atoms with E-state index in [2.05, 4.69) is 5.32 Å². The van der Waals surface area contributed by atoms with Crippen molar-refractivity contribution in [3.63, 3.8) is 0 Å². The molecule has 3 atom stereocenters. The lowest BCUT2D eigenvalue weighted by Crippen LogP contribution is -2.39. The van der Waals surface area contributed by atoms with Crippen molar-refractivity contribution in [1.29, 1.82) is 0 Å². The van der Waals surface area contributed by atoms with E-state index in [0.717, 1.165) is 11.3 Å². The predicted octanol–water partition coefficient (Wildman–Crippen LogP) is 2.97. The number of carbonyl (C=O) groups is 1. The third-order valence-electron chi connectivity index (χ3n) is 4.83. The number of ether oxygens (including phenoxy) is 2. The van der Waals surface area contributed by atoms with E-state index in [4.69, 9.17) is 9.47 Å². The van der Waals surface area contributed by atoms with Crippen molar-refractivity contribution in [2.45, 2.75) is 31.6 Å². The Balaban J connectivity index is 0.00000480. The Morgan fingerprint density at radius 2 is 1.71 bits per heavy atom. The molecule has 2 N–H and O–H groups in total. The Morgan fingerprint density at radius 1 is 1.06 bits per heavy atom. The highest BCUT2D eigenvalue weighted by Crippen LogP contribution is 2.17.